The lowest BCUT2D eigenvalue weighted by molar-refractivity contribution is -0.160. The Kier molecular flexibility index (Phi) is 7.02. The number of benzene rings is 2. The summed E-state index contributed by atoms with van der Waals surface area (Å²) in [5.74, 6) is 1.32. The Bertz CT molecular complexity index is 883. The second-order valence-electron chi connectivity index (χ2n) is 7.65. The maximum absolute atomic E-state index is 13.4. The number of amides is 2. The van der Waals surface area contributed by atoms with Crippen molar-refractivity contribution >= 4 is 27.7 Å². The highest BCUT2D eigenvalue weighted by atomic mass is 79.9. The van der Waals surface area contributed by atoms with Gasteiger partial charge in [0, 0.05) is 13.1 Å². The molecule has 1 fully saturated rings. The summed E-state index contributed by atoms with van der Waals surface area (Å²) in [6, 6.07) is 14.5. The third-order valence-corrected chi connectivity index (χ3v) is 6.17. The van der Waals surface area contributed by atoms with Gasteiger partial charge in [-0.1, -0.05) is 54.0 Å². The first-order valence-electron chi connectivity index (χ1n) is 9.86. The molecule has 2 aromatic rings. The predicted molar refractivity (Wildman–Crippen MR) is 118 cm³/mol. The summed E-state index contributed by atoms with van der Waals surface area (Å²) in [6.45, 7) is 4.66. The number of alkyl halides is 1. The van der Waals surface area contributed by atoms with E-state index < -0.39 is 11.0 Å². The fourth-order valence-corrected chi connectivity index (χ4v) is 4.27. The number of nitrogens with zero attached hydrogens (tertiary/aromatic N) is 2. The molecule has 0 bridgehead atoms. The molecule has 0 aromatic heterocycles. The molecule has 2 amide bonds. The first-order chi connectivity index (χ1) is 14.3. The Balaban J connectivity index is 1.83. The Morgan fingerprint density at radius 3 is 1.63 bits per heavy atom. The molecule has 3 rings (SSSR count). The van der Waals surface area contributed by atoms with Gasteiger partial charge in [0.2, 0.25) is 5.91 Å². The van der Waals surface area contributed by atoms with E-state index in [0.29, 0.717) is 13.1 Å². The first-order valence-corrected chi connectivity index (χ1v) is 10.8. The zero-order valence-corrected chi connectivity index (χ0v) is 19.3. The van der Waals surface area contributed by atoms with Gasteiger partial charge in [0.25, 0.3) is 5.91 Å². The van der Waals surface area contributed by atoms with Crippen LogP contribution in [0, 0.1) is 5.92 Å². The summed E-state index contributed by atoms with van der Waals surface area (Å²) in [5, 5.41) is 0. The fraction of sp³-hybridized carbons (Fsp3) is 0.391. The van der Waals surface area contributed by atoms with Crippen molar-refractivity contribution in [2.45, 2.75) is 37.9 Å². The minimum atomic E-state index is -0.708. The quantitative estimate of drug-likeness (QED) is 0.452. The SMILES string of the molecule is COc1ccc(CN2C(=O)[C@H](Br)N(Cc3ccc(OC)cc3)C(=O)[C@@H]2C(C)C)cc1. The van der Waals surface area contributed by atoms with E-state index in [4.69, 9.17) is 9.47 Å². The fourth-order valence-electron chi connectivity index (χ4n) is 3.66. The molecule has 0 saturated carbocycles. The first kappa shape index (κ1) is 22.2. The van der Waals surface area contributed by atoms with Crippen LogP contribution in [0.5, 0.6) is 11.5 Å². The van der Waals surface area contributed by atoms with Crippen LogP contribution in [0.4, 0.5) is 0 Å². The molecule has 1 aliphatic rings. The maximum atomic E-state index is 13.4. The molecule has 0 unspecified atom stereocenters. The van der Waals surface area contributed by atoms with Gasteiger partial charge in [0.1, 0.15) is 17.5 Å². The van der Waals surface area contributed by atoms with Gasteiger partial charge in [-0.25, -0.2) is 0 Å². The van der Waals surface area contributed by atoms with Crippen LogP contribution >= 0.6 is 15.9 Å². The molecule has 160 valence electrons. The molecule has 1 aliphatic heterocycles. The molecule has 1 saturated heterocycles. The van der Waals surface area contributed by atoms with Crippen molar-refractivity contribution in [3.05, 3.63) is 59.7 Å². The van der Waals surface area contributed by atoms with E-state index in [1.54, 1.807) is 24.0 Å². The smallest absolute Gasteiger partial charge is 0.257 e. The molecule has 0 radical (unpaired) electrons. The summed E-state index contributed by atoms with van der Waals surface area (Å²) >= 11 is 3.47. The van der Waals surface area contributed by atoms with Crippen LogP contribution in [0.15, 0.2) is 48.5 Å². The molecule has 30 heavy (non-hydrogen) atoms. The summed E-state index contributed by atoms with van der Waals surface area (Å²) in [5.41, 5.74) is 1.89. The van der Waals surface area contributed by atoms with Crippen molar-refractivity contribution in [1.82, 2.24) is 9.80 Å². The lowest BCUT2D eigenvalue weighted by atomic mass is 9.97. The van der Waals surface area contributed by atoms with Crippen molar-refractivity contribution in [3.63, 3.8) is 0 Å². The van der Waals surface area contributed by atoms with E-state index in [1.165, 1.54) is 0 Å². The minimum Gasteiger partial charge on any atom is -0.497 e. The molecule has 2 atom stereocenters. The van der Waals surface area contributed by atoms with Crippen molar-refractivity contribution in [2.24, 2.45) is 5.92 Å². The Morgan fingerprint density at radius 2 is 1.23 bits per heavy atom. The van der Waals surface area contributed by atoms with Gasteiger partial charge in [0.05, 0.1) is 14.2 Å². The van der Waals surface area contributed by atoms with Gasteiger partial charge in [-0.3, -0.25) is 9.59 Å². The lowest BCUT2D eigenvalue weighted by Crippen LogP contribution is -2.63. The van der Waals surface area contributed by atoms with Crippen LogP contribution in [0.25, 0.3) is 0 Å². The molecule has 7 heteroatoms. The van der Waals surface area contributed by atoms with Crippen LogP contribution in [0.2, 0.25) is 0 Å². The van der Waals surface area contributed by atoms with Crippen molar-refractivity contribution < 1.29 is 19.1 Å². The number of halogens is 1. The predicted octanol–water partition coefficient (Wildman–Crippen LogP) is 3.82. The van der Waals surface area contributed by atoms with Gasteiger partial charge in [-0.05, 0) is 41.3 Å². The van der Waals surface area contributed by atoms with Crippen LogP contribution in [-0.4, -0.2) is 46.8 Å². The largest absolute Gasteiger partial charge is 0.497 e. The number of carbonyl (C=O) groups is 2. The summed E-state index contributed by atoms with van der Waals surface area (Å²) < 4.78 is 10.4. The van der Waals surface area contributed by atoms with Gasteiger partial charge >= 0.3 is 0 Å². The lowest BCUT2D eigenvalue weighted by Gasteiger charge is -2.44. The highest BCUT2D eigenvalue weighted by Gasteiger charge is 2.45. The molecule has 0 spiro atoms. The third kappa shape index (κ3) is 4.61. The number of hydrogen-bond acceptors (Lipinski definition) is 4. The van der Waals surface area contributed by atoms with E-state index in [9.17, 15) is 9.59 Å². The second-order valence-corrected chi connectivity index (χ2v) is 8.52. The van der Waals surface area contributed by atoms with E-state index >= 15 is 0 Å². The van der Waals surface area contributed by atoms with Crippen LogP contribution < -0.4 is 9.47 Å². The van der Waals surface area contributed by atoms with E-state index in [2.05, 4.69) is 15.9 Å². The zero-order chi connectivity index (χ0) is 21.8. The van der Waals surface area contributed by atoms with Gasteiger partial charge in [-0.15, -0.1) is 0 Å². The number of hydrogen-bond donors (Lipinski definition) is 0. The Hall–Kier alpha value is -2.54. The molecular weight excluding hydrogens is 448 g/mol. The monoisotopic (exact) mass is 474 g/mol. The van der Waals surface area contributed by atoms with Crippen LogP contribution in [0.1, 0.15) is 25.0 Å². The van der Waals surface area contributed by atoms with E-state index in [0.717, 1.165) is 22.6 Å². The van der Waals surface area contributed by atoms with Gasteiger partial charge in [-0.2, -0.15) is 0 Å². The number of methoxy groups -OCH3 is 2. The molecule has 0 aliphatic carbocycles. The average molecular weight is 475 g/mol. The van der Waals surface area contributed by atoms with Crippen LogP contribution in [-0.2, 0) is 22.7 Å². The number of piperazine rings is 1. The van der Waals surface area contributed by atoms with E-state index in [1.807, 2.05) is 62.4 Å². The Morgan fingerprint density at radius 1 is 0.800 bits per heavy atom. The van der Waals surface area contributed by atoms with Gasteiger partial charge < -0.3 is 19.3 Å². The topological polar surface area (TPSA) is 59.1 Å². The zero-order valence-electron chi connectivity index (χ0n) is 17.7. The highest BCUT2D eigenvalue weighted by Crippen LogP contribution is 2.30. The van der Waals surface area contributed by atoms with Crippen molar-refractivity contribution in [2.75, 3.05) is 14.2 Å². The average Bonchev–Trinajstić information content (AvgIpc) is 2.75. The van der Waals surface area contributed by atoms with Crippen molar-refractivity contribution in [3.8, 4) is 11.5 Å². The molecular formula is C23H27BrN2O4. The second kappa shape index (κ2) is 9.51. The molecule has 0 N–H and O–H groups in total. The molecule has 6 nitrogen and oxygen atoms in total. The normalized spacial score (nSPS) is 19.4. The molecule has 2 aromatic carbocycles. The van der Waals surface area contributed by atoms with Crippen molar-refractivity contribution in [1.29, 1.82) is 0 Å². The van der Waals surface area contributed by atoms with Gasteiger partial charge in [0.15, 0.2) is 4.95 Å². The van der Waals surface area contributed by atoms with E-state index in [-0.39, 0.29) is 17.7 Å². The summed E-state index contributed by atoms with van der Waals surface area (Å²) in [4.78, 5) is 29.2. The van der Waals surface area contributed by atoms with Crippen LogP contribution in [0.3, 0.4) is 0 Å². The minimum absolute atomic E-state index is 0.0157. The standard InChI is InChI=1S/C23H27BrN2O4/c1-15(2)20-22(27)26(14-17-7-11-19(30-4)12-8-17)21(24)23(28)25(20)13-16-5-9-18(29-3)10-6-16/h5-12,15,20-21H,13-14H2,1-4H3/t20-,21+/m0/s1. The number of carbonyl (C=O) groups excluding carboxylic acids is 2. The summed E-state index contributed by atoms with van der Waals surface area (Å²) in [7, 11) is 3.23. The third-order valence-electron chi connectivity index (χ3n) is 5.29. The number of rotatable bonds is 7. The Labute approximate surface area is 185 Å². The highest BCUT2D eigenvalue weighted by molar-refractivity contribution is 9.09. The maximum Gasteiger partial charge on any atom is 0.257 e. The molecule has 1 heterocycles. The number of ether oxygens (including phenoxy) is 2. The summed E-state index contributed by atoms with van der Waals surface area (Å²) in [6.07, 6.45) is 0.